The predicted octanol–water partition coefficient (Wildman–Crippen LogP) is 1.41. The Hall–Kier alpha value is -2.57. The minimum atomic E-state index is -0.723. The quantitative estimate of drug-likeness (QED) is 0.820. The summed E-state index contributed by atoms with van der Waals surface area (Å²) < 4.78 is 26.5. The van der Waals surface area contributed by atoms with E-state index in [-0.39, 0.29) is 12.1 Å². The second kappa shape index (κ2) is 5.85. The number of H-pyrrole nitrogens is 1. The van der Waals surface area contributed by atoms with Gasteiger partial charge in [-0.1, -0.05) is 6.07 Å². The number of halogens is 2. The fourth-order valence-electron chi connectivity index (χ4n) is 1.37. The molecule has 0 saturated carbocycles. The van der Waals surface area contributed by atoms with E-state index >= 15 is 0 Å². The molecule has 0 spiro atoms. The summed E-state index contributed by atoms with van der Waals surface area (Å²) in [6.45, 7) is 0.156. The van der Waals surface area contributed by atoms with Crippen molar-refractivity contribution in [2.75, 3.05) is 0 Å². The van der Waals surface area contributed by atoms with Gasteiger partial charge >= 0.3 is 0 Å². The smallest absolute Gasteiger partial charge is 0.244 e. The minimum absolute atomic E-state index is 0.156. The lowest BCUT2D eigenvalue weighted by molar-refractivity contribution is -0.116. The molecule has 0 saturated heterocycles. The number of rotatable bonds is 4. The number of nitrogens with zero attached hydrogens (tertiary/aromatic N) is 2. The zero-order valence-corrected chi connectivity index (χ0v) is 9.73. The van der Waals surface area contributed by atoms with E-state index in [1.807, 2.05) is 0 Å². The van der Waals surface area contributed by atoms with Crippen LogP contribution in [0.2, 0.25) is 0 Å². The summed E-state index contributed by atoms with van der Waals surface area (Å²) in [4.78, 5) is 15.2. The summed E-state index contributed by atoms with van der Waals surface area (Å²) in [6.07, 6.45) is 3.45. The average Bonchev–Trinajstić information content (AvgIpc) is 2.89. The molecule has 2 aromatic rings. The first-order valence-corrected chi connectivity index (χ1v) is 5.41. The Morgan fingerprint density at radius 2 is 2.11 bits per heavy atom. The number of amides is 1. The minimum Gasteiger partial charge on any atom is -0.345 e. The number of aromatic amines is 1. The number of carbonyl (C=O) groups excluding carboxylic acids is 1. The Kier molecular flexibility index (Phi) is 3.97. The second-order valence-corrected chi connectivity index (χ2v) is 3.62. The lowest BCUT2D eigenvalue weighted by Gasteiger charge is -2.00. The van der Waals surface area contributed by atoms with Crippen LogP contribution in [-0.4, -0.2) is 21.1 Å². The van der Waals surface area contributed by atoms with Gasteiger partial charge in [-0.3, -0.25) is 9.89 Å². The van der Waals surface area contributed by atoms with Crippen molar-refractivity contribution in [3.8, 4) is 0 Å². The summed E-state index contributed by atoms with van der Waals surface area (Å²) in [7, 11) is 0. The molecule has 7 heteroatoms. The summed E-state index contributed by atoms with van der Waals surface area (Å²) >= 11 is 0. The van der Waals surface area contributed by atoms with Gasteiger partial charge < -0.3 is 5.32 Å². The number of hydrogen-bond donors (Lipinski definition) is 2. The van der Waals surface area contributed by atoms with Crippen LogP contribution in [0.4, 0.5) is 8.78 Å². The maximum Gasteiger partial charge on any atom is 0.244 e. The highest BCUT2D eigenvalue weighted by atomic mass is 19.1. The molecule has 1 heterocycles. The van der Waals surface area contributed by atoms with Gasteiger partial charge in [-0.15, -0.1) is 0 Å². The first-order chi connectivity index (χ1) is 9.16. The number of carbonyl (C=O) groups is 1. The average molecular weight is 264 g/mol. The second-order valence-electron chi connectivity index (χ2n) is 3.62. The summed E-state index contributed by atoms with van der Waals surface area (Å²) in [5.74, 6) is -1.45. The van der Waals surface area contributed by atoms with Gasteiger partial charge in [-0.2, -0.15) is 5.10 Å². The largest absolute Gasteiger partial charge is 0.345 e. The van der Waals surface area contributed by atoms with Gasteiger partial charge in [0.15, 0.2) is 0 Å². The van der Waals surface area contributed by atoms with Crippen LogP contribution in [0.3, 0.4) is 0 Å². The Morgan fingerprint density at radius 3 is 2.74 bits per heavy atom. The molecule has 0 aliphatic heterocycles. The molecule has 0 unspecified atom stereocenters. The van der Waals surface area contributed by atoms with Crippen molar-refractivity contribution < 1.29 is 13.6 Å². The molecule has 98 valence electrons. The zero-order chi connectivity index (χ0) is 13.7. The molecule has 2 N–H and O–H groups in total. The molecule has 0 atom stereocenters. The van der Waals surface area contributed by atoms with Gasteiger partial charge in [-0.25, -0.2) is 13.8 Å². The van der Waals surface area contributed by atoms with Gasteiger partial charge in [0.2, 0.25) is 5.91 Å². The number of hydrogen-bond acceptors (Lipinski definition) is 3. The van der Waals surface area contributed by atoms with Crippen LogP contribution in [0.15, 0.2) is 30.6 Å². The molecular weight excluding hydrogens is 254 g/mol. The van der Waals surface area contributed by atoms with Crippen LogP contribution in [0, 0.1) is 11.6 Å². The molecular formula is C12H10F2N4O. The van der Waals surface area contributed by atoms with Crippen molar-refractivity contribution in [1.29, 1.82) is 0 Å². The van der Waals surface area contributed by atoms with Crippen molar-refractivity contribution in [1.82, 2.24) is 20.5 Å². The number of aromatic nitrogens is 3. The predicted molar refractivity (Wildman–Crippen MR) is 63.6 cm³/mol. The van der Waals surface area contributed by atoms with Crippen LogP contribution in [0.1, 0.15) is 11.4 Å². The molecule has 0 fully saturated rings. The van der Waals surface area contributed by atoms with Crippen molar-refractivity contribution >= 4 is 12.0 Å². The summed E-state index contributed by atoms with van der Waals surface area (Å²) in [5, 5.41) is 8.67. The van der Waals surface area contributed by atoms with Crippen LogP contribution >= 0.6 is 0 Å². The van der Waals surface area contributed by atoms with Crippen LogP contribution in [-0.2, 0) is 11.3 Å². The Balaban J connectivity index is 1.96. The zero-order valence-electron chi connectivity index (χ0n) is 9.73. The first-order valence-electron chi connectivity index (χ1n) is 5.41. The van der Waals surface area contributed by atoms with Crippen molar-refractivity contribution in [2.24, 2.45) is 0 Å². The van der Waals surface area contributed by atoms with E-state index in [0.717, 1.165) is 24.3 Å². The normalized spacial score (nSPS) is 10.8. The van der Waals surface area contributed by atoms with Gasteiger partial charge in [-0.05, 0) is 18.2 Å². The molecule has 0 bridgehead atoms. The molecule has 5 nitrogen and oxygen atoms in total. The van der Waals surface area contributed by atoms with E-state index in [1.54, 1.807) is 0 Å². The highest BCUT2D eigenvalue weighted by Crippen LogP contribution is 2.13. The first kappa shape index (κ1) is 12.9. The lowest BCUT2D eigenvalue weighted by atomic mass is 10.2. The van der Waals surface area contributed by atoms with Crippen LogP contribution in [0.25, 0.3) is 6.08 Å². The molecule has 0 radical (unpaired) electrons. The third kappa shape index (κ3) is 3.44. The van der Waals surface area contributed by atoms with E-state index in [2.05, 4.69) is 20.5 Å². The molecule has 2 rings (SSSR count). The molecule has 19 heavy (non-hydrogen) atoms. The third-order valence-corrected chi connectivity index (χ3v) is 2.30. The van der Waals surface area contributed by atoms with Crippen molar-refractivity contribution in [3.63, 3.8) is 0 Å². The monoisotopic (exact) mass is 264 g/mol. The molecule has 0 aliphatic carbocycles. The molecule has 0 aliphatic rings. The fraction of sp³-hybridized carbons (Fsp3) is 0.0833. The molecule has 1 aromatic heterocycles. The third-order valence-electron chi connectivity index (χ3n) is 2.30. The van der Waals surface area contributed by atoms with Gasteiger partial charge in [0.25, 0.3) is 0 Å². The van der Waals surface area contributed by atoms with Gasteiger partial charge in [0.1, 0.15) is 23.8 Å². The van der Waals surface area contributed by atoms with Crippen molar-refractivity contribution in [2.45, 2.75) is 6.54 Å². The van der Waals surface area contributed by atoms with E-state index in [4.69, 9.17) is 0 Å². The number of nitrogens with one attached hydrogen (secondary N) is 2. The van der Waals surface area contributed by atoms with Crippen LogP contribution < -0.4 is 5.32 Å². The van der Waals surface area contributed by atoms with E-state index in [9.17, 15) is 13.6 Å². The Morgan fingerprint density at radius 1 is 1.37 bits per heavy atom. The SMILES string of the molecule is O=C(/C=C/c1c(F)cccc1F)NCc1ncn[nH]1. The summed E-state index contributed by atoms with van der Waals surface area (Å²) in [6, 6.07) is 3.50. The highest BCUT2D eigenvalue weighted by Gasteiger charge is 2.05. The fourth-order valence-corrected chi connectivity index (χ4v) is 1.37. The van der Waals surface area contributed by atoms with Gasteiger partial charge in [0.05, 0.1) is 6.54 Å². The maximum atomic E-state index is 13.3. The molecule has 1 amide bonds. The van der Waals surface area contributed by atoms with E-state index in [1.165, 1.54) is 12.4 Å². The van der Waals surface area contributed by atoms with Crippen molar-refractivity contribution in [3.05, 3.63) is 53.6 Å². The Bertz CT molecular complexity index is 576. The topological polar surface area (TPSA) is 70.7 Å². The summed E-state index contributed by atoms with van der Waals surface area (Å²) in [5.41, 5.74) is -0.252. The van der Waals surface area contributed by atoms with Gasteiger partial charge in [0, 0.05) is 11.6 Å². The van der Waals surface area contributed by atoms with Crippen LogP contribution in [0.5, 0.6) is 0 Å². The standard InChI is InChI=1S/C12H10F2N4O/c13-9-2-1-3-10(14)8(9)4-5-12(19)15-6-11-16-7-17-18-11/h1-5,7H,6H2,(H,15,19)(H,16,17,18)/b5-4+. The maximum absolute atomic E-state index is 13.3. The molecule has 1 aromatic carbocycles. The van der Waals surface area contributed by atoms with E-state index < -0.39 is 17.5 Å². The number of benzene rings is 1. The lowest BCUT2D eigenvalue weighted by Crippen LogP contribution is -2.21. The highest BCUT2D eigenvalue weighted by molar-refractivity contribution is 5.91. The Labute approximate surface area is 107 Å². The van der Waals surface area contributed by atoms with E-state index in [0.29, 0.717) is 5.82 Å².